The van der Waals surface area contributed by atoms with Crippen LogP contribution in [-0.2, 0) is 9.59 Å². The average Bonchev–Trinajstić information content (AvgIpc) is 2.64. The van der Waals surface area contributed by atoms with E-state index in [4.69, 9.17) is 10.8 Å². The Morgan fingerprint density at radius 3 is 2.65 bits per heavy atom. The fourth-order valence-corrected chi connectivity index (χ4v) is 1.71. The lowest BCUT2D eigenvalue weighted by molar-refractivity contribution is -0.135. The maximum atomic E-state index is 11.9. The third kappa shape index (κ3) is 3.56. The number of carboxylic acids is 1. The summed E-state index contributed by atoms with van der Waals surface area (Å²) < 4.78 is 0. The molecule has 0 bridgehead atoms. The van der Waals surface area contributed by atoms with Crippen LogP contribution in [0.3, 0.4) is 0 Å². The van der Waals surface area contributed by atoms with Crippen LogP contribution < -0.4 is 5.73 Å². The molecule has 1 amide bonds. The number of carboxylic acid groups (broad SMARTS) is 1. The van der Waals surface area contributed by atoms with Gasteiger partial charge in [-0.2, -0.15) is 0 Å². The second-order valence-corrected chi connectivity index (χ2v) is 4.38. The first-order valence-corrected chi connectivity index (χ1v) is 5.64. The Hall–Kier alpha value is -1.89. The van der Waals surface area contributed by atoms with Gasteiger partial charge in [-0.15, -0.1) is 11.3 Å². The molecule has 0 aliphatic heterocycles. The molecule has 0 atom stereocenters. The van der Waals surface area contributed by atoms with Crippen molar-refractivity contribution in [2.45, 2.75) is 6.42 Å². The van der Waals surface area contributed by atoms with Gasteiger partial charge >= 0.3 is 5.97 Å². The number of aromatic nitrogens is 1. The molecule has 6 nitrogen and oxygen atoms in total. The smallest absolute Gasteiger partial charge is 0.307 e. The molecule has 0 spiro atoms. The lowest BCUT2D eigenvalue weighted by Gasteiger charge is -2.11. The lowest BCUT2D eigenvalue weighted by Crippen LogP contribution is -2.23. The molecule has 0 aliphatic rings. The summed E-state index contributed by atoms with van der Waals surface area (Å²) in [5.41, 5.74) is 6.15. The number of aliphatic carboxylic acids is 1. The Balaban J connectivity index is 3.06. The predicted octanol–water partition coefficient (Wildman–Crippen LogP) is 0.672. The fraction of sp³-hybridized carbons (Fsp3) is 0.300. The van der Waals surface area contributed by atoms with Crippen LogP contribution in [0.15, 0.2) is 11.5 Å². The molecule has 1 aromatic heterocycles. The van der Waals surface area contributed by atoms with Crippen molar-refractivity contribution in [3.8, 4) is 0 Å². The van der Waals surface area contributed by atoms with E-state index in [0.29, 0.717) is 10.8 Å². The number of rotatable bonds is 4. The number of nitrogens with zero attached hydrogens (tertiary/aromatic N) is 2. The maximum Gasteiger partial charge on any atom is 0.307 e. The van der Waals surface area contributed by atoms with Crippen molar-refractivity contribution in [2.24, 2.45) is 0 Å². The first kappa shape index (κ1) is 13.2. The van der Waals surface area contributed by atoms with Gasteiger partial charge in [-0.25, -0.2) is 4.98 Å². The van der Waals surface area contributed by atoms with E-state index in [1.54, 1.807) is 19.5 Å². The van der Waals surface area contributed by atoms with E-state index in [-0.39, 0.29) is 17.9 Å². The fourth-order valence-electron chi connectivity index (χ4n) is 1.14. The van der Waals surface area contributed by atoms with Crippen molar-refractivity contribution in [1.82, 2.24) is 9.88 Å². The van der Waals surface area contributed by atoms with Gasteiger partial charge in [0.1, 0.15) is 0 Å². The second kappa shape index (κ2) is 5.44. The minimum atomic E-state index is -1.00. The molecular formula is C10H13N3O3S. The summed E-state index contributed by atoms with van der Waals surface area (Å²) in [7, 11) is 3.18. The zero-order valence-electron chi connectivity index (χ0n) is 9.51. The van der Waals surface area contributed by atoms with Gasteiger partial charge in [0.25, 0.3) is 5.91 Å². The quantitative estimate of drug-likeness (QED) is 0.771. The number of amides is 1. The van der Waals surface area contributed by atoms with Gasteiger partial charge in [0.2, 0.25) is 0 Å². The van der Waals surface area contributed by atoms with Crippen LogP contribution >= 0.6 is 11.3 Å². The normalized spacial score (nSPS) is 11.3. The summed E-state index contributed by atoms with van der Waals surface area (Å²) >= 11 is 1.20. The zero-order valence-corrected chi connectivity index (χ0v) is 10.3. The first-order valence-electron chi connectivity index (χ1n) is 4.76. The number of carbonyl (C=O) groups is 2. The molecule has 3 N–H and O–H groups in total. The summed E-state index contributed by atoms with van der Waals surface area (Å²) in [5, 5.41) is 10.6. The van der Waals surface area contributed by atoms with E-state index >= 15 is 0 Å². The standard InChI is InChI=1S/C10H13N3O3S/c1-13(2)9(16)6(3-4-8(14)15)7-5-17-10(11)12-7/h3,5H,4H2,1-2H3,(H2,11,12)(H,14,15)/b6-3-. The molecule has 0 unspecified atom stereocenters. The molecule has 1 rings (SSSR count). The number of hydrogen-bond acceptors (Lipinski definition) is 5. The first-order chi connectivity index (χ1) is 7.91. The van der Waals surface area contributed by atoms with E-state index in [9.17, 15) is 9.59 Å². The molecule has 7 heteroatoms. The minimum absolute atomic E-state index is 0.230. The Morgan fingerprint density at radius 2 is 2.24 bits per heavy atom. The van der Waals surface area contributed by atoms with Crippen molar-refractivity contribution >= 4 is 33.9 Å². The predicted molar refractivity (Wildman–Crippen MR) is 65.5 cm³/mol. The minimum Gasteiger partial charge on any atom is -0.481 e. The van der Waals surface area contributed by atoms with Crippen molar-refractivity contribution in [1.29, 1.82) is 0 Å². The van der Waals surface area contributed by atoms with Crippen LogP contribution in [0.2, 0.25) is 0 Å². The largest absolute Gasteiger partial charge is 0.481 e. The second-order valence-electron chi connectivity index (χ2n) is 3.49. The van der Waals surface area contributed by atoms with Gasteiger partial charge in [0, 0.05) is 19.5 Å². The molecule has 0 saturated carbocycles. The SMILES string of the molecule is CN(C)C(=O)/C(=C\CC(=O)O)c1csc(N)n1. The van der Waals surface area contributed by atoms with Crippen molar-refractivity contribution in [2.75, 3.05) is 19.8 Å². The molecule has 0 aromatic carbocycles. The van der Waals surface area contributed by atoms with Crippen molar-refractivity contribution in [3.05, 3.63) is 17.2 Å². The topological polar surface area (TPSA) is 96.5 Å². The molecule has 0 fully saturated rings. The average molecular weight is 255 g/mol. The maximum absolute atomic E-state index is 11.9. The van der Waals surface area contributed by atoms with Gasteiger partial charge in [-0.05, 0) is 0 Å². The van der Waals surface area contributed by atoms with Crippen LogP contribution in [0.25, 0.3) is 5.57 Å². The third-order valence-corrected chi connectivity index (χ3v) is 2.59. The van der Waals surface area contributed by atoms with Crippen LogP contribution in [0.1, 0.15) is 12.1 Å². The van der Waals surface area contributed by atoms with Gasteiger partial charge in [-0.3, -0.25) is 9.59 Å². The molecule has 0 radical (unpaired) electrons. The molecule has 0 saturated heterocycles. The highest BCUT2D eigenvalue weighted by molar-refractivity contribution is 7.13. The molecule has 17 heavy (non-hydrogen) atoms. The van der Waals surface area contributed by atoms with Gasteiger partial charge in [0.05, 0.1) is 17.7 Å². The summed E-state index contributed by atoms with van der Waals surface area (Å²) in [4.78, 5) is 27.7. The van der Waals surface area contributed by atoms with Crippen LogP contribution in [-0.4, -0.2) is 41.0 Å². The Morgan fingerprint density at radius 1 is 1.59 bits per heavy atom. The van der Waals surface area contributed by atoms with Crippen LogP contribution in [0.4, 0.5) is 5.13 Å². The number of likely N-dealkylation sites (N-methyl/N-ethyl adjacent to an activating group) is 1. The van der Waals surface area contributed by atoms with Crippen LogP contribution in [0.5, 0.6) is 0 Å². The van der Waals surface area contributed by atoms with Gasteiger partial charge < -0.3 is 15.7 Å². The number of nitrogens with two attached hydrogens (primary N) is 1. The number of carbonyl (C=O) groups excluding carboxylic acids is 1. The Bertz CT molecular complexity index is 465. The van der Waals surface area contributed by atoms with E-state index in [0.717, 1.165) is 0 Å². The van der Waals surface area contributed by atoms with Gasteiger partial charge in [-0.1, -0.05) is 6.08 Å². The number of nitrogen functional groups attached to an aromatic ring is 1. The Kier molecular flexibility index (Phi) is 4.22. The molecule has 92 valence electrons. The highest BCUT2D eigenvalue weighted by Gasteiger charge is 2.16. The van der Waals surface area contributed by atoms with E-state index in [1.807, 2.05) is 0 Å². The number of anilines is 1. The zero-order chi connectivity index (χ0) is 13.0. The van der Waals surface area contributed by atoms with Gasteiger partial charge in [0.15, 0.2) is 5.13 Å². The highest BCUT2D eigenvalue weighted by Crippen LogP contribution is 2.21. The molecular weight excluding hydrogens is 242 g/mol. The van der Waals surface area contributed by atoms with E-state index in [2.05, 4.69) is 4.98 Å². The Labute approximate surface area is 102 Å². The summed E-state index contributed by atoms with van der Waals surface area (Å²) in [5.74, 6) is -1.30. The van der Waals surface area contributed by atoms with Crippen molar-refractivity contribution in [3.63, 3.8) is 0 Å². The highest BCUT2D eigenvalue weighted by atomic mass is 32.1. The van der Waals surface area contributed by atoms with Crippen molar-refractivity contribution < 1.29 is 14.7 Å². The lowest BCUT2D eigenvalue weighted by atomic mass is 10.1. The monoisotopic (exact) mass is 255 g/mol. The number of hydrogen-bond donors (Lipinski definition) is 2. The third-order valence-electron chi connectivity index (χ3n) is 1.92. The van der Waals surface area contributed by atoms with E-state index in [1.165, 1.54) is 22.3 Å². The number of thiazole rings is 1. The van der Waals surface area contributed by atoms with Crippen LogP contribution in [0, 0.1) is 0 Å². The molecule has 1 aromatic rings. The molecule has 1 heterocycles. The molecule has 0 aliphatic carbocycles. The van der Waals surface area contributed by atoms with E-state index < -0.39 is 5.97 Å². The summed E-state index contributed by atoms with van der Waals surface area (Å²) in [6.45, 7) is 0. The summed E-state index contributed by atoms with van der Waals surface area (Å²) in [6, 6.07) is 0. The summed E-state index contributed by atoms with van der Waals surface area (Å²) in [6.07, 6.45) is 1.12.